The number of benzene rings is 1. The summed E-state index contributed by atoms with van der Waals surface area (Å²) in [6, 6.07) is 9.70. The molecule has 3 aromatic rings. The van der Waals surface area contributed by atoms with Crippen molar-refractivity contribution in [1.29, 1.82) is 0 Å². The van der Waals surface area contributed by atoms with Gasteiger partial charge in [-0.15, -0.1) is 5.10 Å². The molecule has 0 amide bonds. The van der Waals surface area contributed by atoms with E-state index in [4.69, 9.17) is 9.26 Å². The van der Waals surface area contributed by atoms with Crippen LogP contribution >= 0.6 is 0 Å². The van der Waals surface area contributed by atoms with Gasteiger partial charge in [0.05, 0.1) is 24.9 Å². The summed E-state index contributed by atoms with van der Waals surface area (Å²) >= 11 is 0. The minimum absolute atomic E-state index is 0.0605. The van der Waals surface area contributed by atoms with Gasteiger partial charge < -0.3 is 9.26 Å². The molecule has 0 N–H and O–H groups in total. The zero-order valence-electron chi connectivity index (χ0n) is 14.1. The summed E-state index contributed by atoms with van der Waals surface area (Å²) in [7, 11) is 0. The van der Waals surface area contributed by atoms with Gasteiger partial charge in [0.25, 0.3) is 0 Å². The molecule has 0 saturated carbocycles. The zero-order valence-corrected chi connectivity index (χ0v) is 14.1. The molecule has 0 radical (unpaired) electrons. The number of aromatic nitrogens is 6. The third-order valence-corrected chi connectivity index (χ3v) is 4.27. The number of nitrogens with zero attached hydrogens (tertiary/aromatic N) is 7. The molecule has 1 aliphatic rings. The lowest BCUT2D eigenvalue weighted by Crippen LogP contribution is -2.44. The Balaban J connectivity index is 1.62. The monoisotopic (exact) mass is 341 g/mol. The fourth-order valence-electron chi connectivity index (χ4n) is 3.11. The maximum atomic E-state index is 5.79. The minimum Gasteiger partial charge on any atom is -0.375 e. The van der Waals surface area contributed by atoms with Gasteiger partial charge in [0.15, 0.2) is 11.6 Å². The van der Waals surface area contributed by atoms with Crippen molar-refractivity contribution in [2.75, 3.05) is 13.2 Å². The Kier molecular flexibility index (Phi) is 4.24. The van der Waals surface area contributed by atoms with Gasteiger partial charge in [0.2, 0.25) is 5.89 Å². The molecule has 2 aromatic heterocycles. The molecule has 1 fully saturated rings. The van der Waals surface area contributed by atoms with E-state index in [-0.39, 0.29) is 12.1 Å². The van der Waals surface area contributed by atoms with Gasteiger partial charge >= 0.3 is 0 Å². The van der Waals surface area contributed by atoms with Gasteiger partial charge in [-0.1, -0.05) is 23.4 Å². The fraction of sp³-hybridized carbons (Fsp3) is 0.438. The number of aryl methyl sites for hydroxylation is 1. The van der Waals surface area contributed by atoms with Crippen molar-refractivity contribution in [2.24, 2.45) is 0 Å². The van der Waals surface area contributed by atoms with Crippen molar-refractivity contribution in [1.82, 2.24) is 35.2 Å². The Bertz CT molecular complexity index is 832. The van der Waals surface area contributed by atoms with Crippen LogP contribution in [0.4, 0.5) is 0 Å². The summed E-state index contributed by atoms with van der Waals surface area (Å²) in [4.78, 5) is 6.60. The Hall–Kier alpha value is -2.65. The second-order valence-corrected chi connectivity index (χ2v) is 6.01. The van der Waals surface area contributed by atoms with Gasteiger partial charge in [0.1, 0.15) is 6.04 Å². The third-order valence-electron chi connectivity index (χ3n) is 4.27. The van der Waals surface area contributed by atoms with Crippen LogP contribution < -0.4 is 0 Å². The quantitative estimate of drug-likeness (QED) is 0.701. The lowest BCUT2D eigenvalue weighted by atomic mass is 10.1. The van der Waals surface area contributed by atoms with Gasteiger partial charge in [-0.2, -0.15) is 9.67 Å². The molecule has 1 aromatic carbocycles. The van der Waals surface area contributed by atoms with E-state index < -0.39 is 0 Å². The van der Waals surface area contributed by atoms with Crippen LogP contribution in [0.25, 0.3) is 5.69 Å². The highest BCUT2D eigenvalue weighted by molar-refractivity contribution is 5.30. The van der Waals surface area contributed by atoms with E-state index in [0.29, 0.717) is 24.9 Å². The Morgan fingerprint density at radius 2 is 2.08 bits per heavy atom. The van der Waals surface area contributed by atoms with Crippen molar-refractivity contribution < 1.29 is 9.26 Å². The number of ether oxygens (including phenoxy) is 1. The molecule has 3 heterocycles. The van der Waals surface area contributed by atoms with Crippen LogP contribution in [0.2, 0.25) is 0 Å². The number of tetrazole rings is 1. The van der Waals surface area contributed by atoms with Crippen LogP contribution in [0, 0.1) is 6.92 Å². The van der Waals surface area contributed by atoms with E-state index in [0.717, 1.165) is 18.1 Å². The summed E-state index contributed by atoms with van der Waals surface area (Å²) in [5.74, 6) is 1.92. The lowest BCUT2D eigenvalue weighted by Gasteiger charge is -2.37. The van der Waals surface area contributed by atoms with Crippen LogP contribution in [0.3, 0.4) is 0 Å². The largest absolute Gasteiger partial charge is 0.375 e. The molecule has 9 nitrogen and oxygen atoms in total. The zero-order chi connectivity index (χ0) is 17.2. The van der Waals surface area contributed by atoms with E-state index in [1.54, 1.807) is 4.68 Å². The van der Waals surface area contributed by atoms with Gasteiger partial charge in [-0.3, -0.25) is 4.90 Å². The molecule has 25 heavy (non-hydrogen) atoms. The fourth-order valence-corrected chi connectivity index (χ4v) is 3.11. The summed E-state index contributed by atoms with van der Waals surface area (Å²) < 4.78 is 12.9. The average molecular weight is 341 g/mol. The van der Waals surface area contributed by atoms with Crippen LogP contribution in [0.5, 0.6) is 0 Å². The lowest BCUT2D eigenvalue weighted by molar-refractivity contribution is -0.0773. The summed E-state index contributed by atoms with van der Waals surface area (Å²) in [6.45, 7) is 5.75. The van der Waals surface area contributed by atoms with E-state index in [1.807, 2.05) is 44.2 Å². The van der Waals surface area contributed by atoms with E-state index in [9.17, 15) is 0 Å². The van der Waals surface area contributed by atoms with Gasteiger partial charge in [0, 0.05) is 6.54 Å². The number of hydrogen-bond donors (Lipinski definition) is 0. The minimum atomic E-state index is -0.129. The molecule has 1 saturated heterocycles. The van der Waals surface area contributed by atoms with Gasteiger partial charge in [-0.05, 0) is 36.4 Å². The number of hydrogen-bond acceptors (Lipinski definition) is 8. The molecule has 0 bridgehead atoms. The summed E-state index contributed by atoms with van der Waals surface area (Å²) in [5.41, 5.74) is 0.925. The normalized spacial score (nSPS) is 21.5. The molecule has 130 valence electrons. The first-order chi connectivity index (χ1) is 12.2. The molecular formula is C16H19N7O2. The number of morpholine rings is 1. The maximum absolute atomic E-state index is 5.79. The molecule has 0 spiro atoms. The standard InChI is InChI=1S/C16H19N7O2/c1-11-15(16-17-12(2)19-25-16)22(8-9-24-11)10-14-18-20-21-23(14)13-6-4-3-5-7-13/h3-7,11,15H,8-10H2,1-2H3/t11-,15+/m1/s1. The van der Waals surface area contributed by atoms with E-state index in [2.05, 4.69) is 30.6 Å². The highest BCUT2D eigenvalue weighted by Crippen LogP contribution is 2.29. The molecular weight excluding hydrogens is 322 g/mol. The van der Waals surface area contributed by atoms with Crippen molar-refractivity contribution in [2.45, 2.75) is 32.5 Å². The van der Waals surface area contributed by atoms with Crippen molar-refractivity contribution in [3.05, 3.63) is 47.9 Å². The van der Waals surface area contributed by atoms with E-state index in [1.165, 1.54) is 0 Å². The highest BCUT2D eigenvalue weighted by atomic mass is 16.5. The SMILES string of the molecule is Cc1noc([C@@H]2[C@@H](C)OCCN2Cc2nnnn2-c2ccccc2)n1. The van der Waals surface area contributed by atoms with Crippen LogP contribution in [0.15, 0.2) is 34.9 Å². The third kappa shape index (κ3) is 3.15. The Morgan fingerprint density at radius 3 is 2.84 bits per heavy atom. The first-order valence-electron chi connectivity index (χ1n) is 8.21. The van der Waals surface area contributed by atoms with Gasteiger partial charge in [-0.25, -0.2) is 0 Å². The predicted octanol–water partition coefficient (Wildman–Crippen LogP) is 1.32. The summed E-state index contributed by atoms with van der Waals surface area (Å²) in [6.07, 6.45) is -0.0605. The maximum Gasteiger partial charge on any atom is 0.246 e. The first-order valence-corrected chi connectivity index (χ1v) is 8.21. The molecule has 0 aliphatic carbocycles. The van der Waals surface area contributed by atoms with Crippen molar-refractivity contribution >= 4 is 0 Å². The molecule has 9 heteroatoms. The second kappa shape index (κ2) is 6.69. The molecule has 1 aliphatic heterocycles. The van der Waals surface area contributed by atoms with E-state index >= 15 is 0 Å². The molecule has 2 atom stereocenters. The topological polar surface area (TPSA) is 95.0 Å². The van der Waals surface area contributed by atoms with Crippen molar-refractivity contribution in [3.63, 3.8) is 0 Å². The Morgan fingerprint density at radius 1 is 1.24 bits per heavy atom. The Labute approximate surface area is 144 Å². The number of rotatable bonds is 4. The molecule has 4 rings (SSSR count). The van der Waals surface area contributed by atoms with Crippen LogP contribution in [0.1, 0.15) is 30.5 Å². The predicted molar refractivity (Wildman–Crippen MR) is 86.8 cm³/mol. The molecule has 0 unspecified atom stereocenters. The number of para-hydroxylation sites is 1. The van der Waals surface area contributed by atoms with Crippen LogP contribution in [-0.2, 0) is 11.3 Å². The average Bonchev–Trinajstić information content (AvgIpc) is 3.25. The van der Waals surface area contributed by atoms with Crippen LogP contribution in [-0.4, -0.2) is 54.5 Å². The smallest absolute Gasteiger partial charge is 0.246 e. The van der Waals surface area contributed by atoms with Crippen molar-refractivity contribution in [3.8, 4) is 5.69 Å². The summed E-state index contributed by atoms with van der Waals surface area (Å²) in [5, 5.41) is 16.1. The highest BCUT2D eigenvalue weighted by Gasteiger charge is 2.35. The second-order valence-electron chi connectivity index (χ2n) is 6.01. The first kappa shape index (κ1) is 15.9.